The number of carbonyl (C=O) groups is 1. The highest BCUT2D eigenvalue weighted by atomic mass is 16.5. The van der Waals surface area contributed by atoms with Crippen LogP contribution in [-0.2, 0) is 0 Å². The molecular weight excluding hydrogens is 314 g/mol. The molecular formula is C21H21NO3. The number of hydrogen-bond donors (Lipinski definition) is 0. The Hall–Kier alpha value is -3.06. The van der Waals surface area contributed by atoms with Crippen molar-refractivity contribution in [3.63, 3.8) is 0 Å². The normalized spacial score (nSPS) is 10.4. The third-order valence-corrected chi connectivity index (χ3v) is 3.43. The third-order valence-electron chi connectivity index (χ3n) is 3.43. The fraction of sp³-hybridized carbons (Fsp3) is 0.238. The first-order chi connectivity index (χ1) is 12.2. The minimum atomic E-state index is -0.152. The van der Waals surface area contributed by atoms with Crippen LogP contribution in [0.25, 0.3) is 6.08 Å². The Morgan fingerprint density at radius 1 is 1.12 bits per heavy atom. The molecule has 0 aliphatic carbocycles. The predicted octanol–water partition coefficient (Wildman–Crippen LogP) is 4.64. The maximum Gasteiger partial charge on any atom is 0.185 e. The average molecular weight is 335 g/mol. The number of allylic oxidation sites excluding steroid dienone is 1. The lowest BCUT2D eigenvalue weighted by molar-refractivity contribution is 0.104. The van der Waals surface area contributed by atoms with Crippen LogP contribution in [0.4, 0.5) is 0 Å². The molecule has 0 saturated heterocycles. The second kappa shape index (κ2) is 9.29. The quantitative estimate of drug-likeness (QED) is 0.521. The zero-order chi connectivity index (χ0) is 18.1. The summed E-state index contributed by atoms with van der Waals surface area (Å²) in [6.45, 7) is 5.13. The molecule has 0 bridgehead atoms. The summed E-state index contributed by atoms with van der Waals surface area (Å²) in [6, 6.07) is 14.3. The van der Waals surface area contributed by atoms with Gasteiger partial charge in [-0.1, -0.05) is 31.2 Å². The highest BCUT2D eigenvalue weighted by Gasteiger charge is 2.06. The standard InChI is InChI=1S/C21H21NO3/c1-3-12-25-20-11-9-16(14-21(20)24-4-2)8-10-19(23)18-7-5-6-17(13-18)15-22/h5-11,13-14H,3-4,12H2,1-2H3. The van der Waals surface area contributed by atoms with Crippen LogP contribution in [0, 0.1) is 11.3 Å². The van der Waals surface area contributed by atoms with Gasteiger partial charge in [-0.25, -0.2) is 0 Å². The molecule has 4 heteroatoms. The second-order valence-corrected chi connectivity index (χ2v) is 5.38. The van der Waals surface area contributed by atoms with E-state index in [-0.39, 0.29) is 5.78 Å². The van der Waals surface area contributed by atoms with Crippen molar-refractivity contribution in [3.05, 3.63) is 65.2 Å². The highest BCUT2D eigenvalue weighted by Crippen LogP contribution is 2.29. The Morgan fingerprint density at radius 3 is 2.68 bits per heavy atom. The summed E-state index contributed by atoms with van der Waals surface area (Å²) in [5.74, 6) is 1.22. The Balaban J connectivity index is 2.18. The molecule has 0 radical (unpaired) electrons. The van der Waals surface area contributed by atoms with E-state index in [0.717, 1.165) is 12.0 Å². The van der Waals surface area contributed by atoms with Crippen LogP contribution in [0.5, 0.6) is 11.5 Å². The van der Waals surface area contributed by atoms with E-state index >= 15 is 0 Å². The molecule has 0 aliphatic heterocycles. The molecule has 4 nitrogen and oxygen atoms in total. The van der Waals surface area contributed by atoms with Crippen LogP contribution >= 0.6 is 0 Å². The van der Waals surface area contributed by atoms with E-state index in [1.165, 1.54) is 6.08 Å². The Bertz CT molecular complexity index is 803. The van der Waals surface area contributed by atoms with E-state index in [1.54, 1.807) is 30.3 Å². The number of benzene rings is 2. The highest BCUT2D eigenvalue weighted by molar-refractivity contribution is 6.07. The first kappa shape index (κ1) is 18.3. The Labute approximate surface area is 148 Å². The number of carbonyl (C=O) groups excluding carboxylic acids is 1. The van der Waals surface area contributed by atoms with Gasteiger partial charge in [-0.2, -0.15) is 5.26 Å². The summed E-state index contributed by atoms with van der Waals surface area (Å²) in [7, 11) is 0. The molecule has 0 spiro atoms. The Morgan fingerprint density at radius 2 is 1.96 bits per heavy atom. The minimum absolute atomic E-state index is 0.152. The zero-order valence-electron chi connectivity index (χ0n) is 14.5. The van der Waals surface area contributed by atoms with Crippen LogP contribution in [0.15, 0.2) is 48.5 Å². The molecule has 0 atom stereocenters. The van der Waals surface area contributed by atoms with Gasteiger partial charge in [-0.15, -0.1) is 0 Å². The van der Waals surface area contributed by atoms with Gasteiger partial charge in [0.15, 0.2) is 17.3 Å². The minimum Gasteiger partial charge on any atom is -0.490 e. The predicted molar refractivity (Wildman–Crippen MR) is 97.9 cm³/mol. The van der Waals surface area contributed by atoms with Gasteiger partial charge >= 0.3 is 0 Å². The van der Waals surface area contributed by atoms with Crippen molar-refractivity contribution in [1.82, 2.24) is 0 Å². The summed E-state index contributed by atoms with van der Waals surface area (Å²) < 4.78 is 11.3. The SMILES string of the molecule is CCCOc1ccc(C=CC(=O)c2cccc(C#N)c2)cc1OCC. The van der Waals surface area contributed by atoms with Gasteiger partial charge in [0.25, 0.3) is 0 Å². The summed E-state index contributed by atoms with van der Waals surface area (Å²) in [6.07, 6.45) is 4.14. The monoisotopic (exact) mass is 335 g/mol. The van der Waals surface area contributed by atoms with Gasteiger partial charge in [-0.05, 0) is 49.2 Å². The number of nitrogens with zero attached hydrogens (tertiary/aromatic N) is 1. The number of rotatable bonds is 8. The molecule has 2 aromatic carbocycles. The van der Waals surface area contributed by atoms with Crippen LogP contribution in [-0.4, -0.2) is 19.0 Å². The largest absolute Gasteiger partial charge is 0.490 e. The molecule has 0 heterocycles. The lowest BCUT2D eigenvalue weighted by Crippen LogP contribution is -2.00. The van der Waals surface area contributed by atoms with Crippen molar-refractivity contribution in [2.45, 2.75) is 20.3 Å². The van der Waals surface area contributed by atoms with Crippen molar-refractivity contribution in [2.75, 3.05) is 13.2 Å². The van der Waals surface area contributed by atoms with Crippen LogP contribution in [0.2, 0.25) is 0 Å². The fourth-order valence-electron chi connectivity index (χ4n) is 2.24. The summed E-state index contributed by atoms with van der Waals surface area (Å²) in [5, 5.41) is 8.92. The van der Waals surface area contributed by atoms with Gasteiger partial charge in [0.1, 0.15) is 0 Å². The molecule has 0 aliphatic rings. The number of ketones is 1. The van der Waals surface area contributed by atoms with E-state index in [2.05, 4.69) is 0 Å². The molecule has 25 heavy (non-hydrogen) atoms. The summed E-state index contributed by atoms with van der Waals surface area (Å²) in [4.78, 5) is 12.3. The van der Waals surface area contributed by atoms with Crippen molar-refractivity contribution < 1.29 is 14.3 Å². The van der Waals surface area contributed by atoms with Crippen molar-refractivity contribution >= 4 is 11.9 Å². The van der Waals surface area contributed by atoms with Gasteiger partial charge in [-0.3, -0.25) is 4.79 Å². The molecule has 2 rings (SSSR count). The first-order valence-electron chi connectivity index (χ1n) is 8.30. The van der Waals surface area contributed by atoms with Crippen LogP contribution in [0.1, 0.15) is 41.8 Å². The number of ether oxygens (including phenoxy) is 2. The van der Waals surface area contributed by atoms with E-state index in [0.29, 0.717) is 35.8 Å². The second-order valence-electron chi connectivity index (χ2n) is 5.38. The molecule has 0 unspecified atom stereocenters. The number of hydrogen-bond acceptors (Lipinski definition) is 4. The van der Waals surface area contributed by atoms with E-state index in [9.17, 15) is 4.79 Å². The zero-order valence-corrected chi connectivity index (χ0v) is 14.5. The van der Waals surface area contributed by atoms with E-state index in [4.69, 9.17) is 14.7 Å². The van der Waals surface area contributed by atoms with Gasteiger partial charge in [0, 0.05) is 5.56 Å². The summed E-state index contributed by atoms with van der Waals surface area (Å²) >= 11 is 0. The Kier molecular flexibility index (Phi) is 6.79. The average Bonchev–Trinajstić information content (AvgIpc) is 2.65. The van der Waals surface area contributed by atoms with Gasteiger partial charge in [0.2, 0.25) is 0 Å². The molecule has 0 N–H and O–H groups in total. The van der Waals surface area contributed by atoms with Crippen molar-refractivity contribution in [3.8, 4) is 17.6 Å². The lowest BCUT2D eigenvalue weighted by Gasteiger charge is -2.12. The van der Waals surface area contributed by atoms with Gasteiger partial charge in [0.05, 0.1) is 24.8 Å². The summed E-state index contributed by atoms with van der Waals surface area (Å²) in [5.41, 5.74) is 1.80. The van der Waals surface area contributed by atoms with Gasteiger partial charge < -0.3 is 9.47 Å². The fourth-order valence-corrected chi connectivity index (χ4v) is 2.24. The molecule has 2 aromatic rings. The molecule has 0 amide bonds. The molecule has 0 aromatic heterocycles. The molecule has 128 valence electrons. The van der Waals surface area contributed by atoms with Crippen molar-refractivity contribution in [2.24, 2.45) is 0 Å². The lowest BCUT2D eigenvalue weighted by atomic mass is 10.1. The van der Waals surface area contributed by atoms with E-state index in [1.807, 2.05) is 38.1 Å². The van der Waals surface area contributed by atoms with E-state index < -0.39 is 0 Å². The maximum absolute atomic E-state index is 12.3. The van der Waals surface area contributed by atoms with Crippen LogP contribution in [0.3, 0.4) is 0 Å². The number of nitriles is 1. The third kappa shape index (κ3) is 5.22. The first-order valence-corrected chi connectivity index (χ1v) is 8.30. The van der Waals surface area contributed by atoms with Crippen molar-refractivity contribution in [1.29, 1.82) is 5.26 Å². The maximum atomic E-state index is 12.3. The molecule has 0 saturated carbocycles. The van der Waals surface area contributed by atoms with Crippen LogP contribution < -0.4 is 9.47 Å². The smallest absolute Gasteiger partial charge is 0.185 e. The molecule has 0 fully saturated rings. The topological polar surface area (TPSA) is 59.3 Å².